The summed E-state index contributed by atoms with van der Waals surface area (Å²) in [6.07, 6.45) is 1.53. The summed E-state index contributed by atoms with van der Waals surface area (Å²) in [5.74, 6) is -1.57. The van der Waals surface area contributed by atoms with Gasteiger partial charge in [0, 0.05) is 24.6 Å². The number of benzene rings is 1. The van der Waals surface area contributed by atoms with Crippen molar-refractivity contribution >= 4 is 28.4 Å². The minimum absolute atomic E-state index is 0. The van der Waals surface area contributed by atoms with Crippen molar-refractivity contribution in [2.24, 2.45) is 5.41 Å². The van der Waals surface area contributed by atoms with E-state index in [1.807, 2.05) is 0 Å². The monoisotopic (exact) mass is 424 g/mol. The Labute approximate surface area is 165 Å². The third-order valence-electron chi connectivity index (χ3n) is 4.76. The largest absolute Gasteiger partial charge is 0.465 e. The van der Waals surface area contributed by atoms with Gasteiger partial charge in [-0.1, -0.05) is 0 Å². The molecule has 0 bridgehead atoms. The Bertz CT molecular complexity index is 761. The predicted molar refractivity (Wildman–Crippen MR) is 101 cm³/mol. The maximum absolute atomic E-state index is 14.1. The van der Waals surface area contributed by atoms with Crippen LogP contribution in [0.25, 0.3) is 0 Å². The molecule has 7 nitrogen and oxygen atoms in total. The zero-order valence-electron chi connectivity index (χ0n) is 15.6. The second kappa shape index (κ2) is 9.79. The number of piperidine rings is 1. The lowest BCUT2D eigenvalue weighted by atomic mass is 9.80. The summed E-state index contributed by atoms with van der Waals surface area (Å²) >= 11 is 0. The van der Waals surface area contributed by atoms with Crippen LogP contribution in [0.5, 0.6) is 0 Å². The van der Waals surface area contributed by atoms with Crippen LogP contribution in [0, 0.1) is 18.2 Å². The van der Waals surface area contributed by atoms with E-state index in [9.17, 15) is 17.6 Å². The molecule has 1 heterocycles. The second-order valence-electron chi connectivity index (χ2n) is 6.58. The van der Waals surface area contributed by atoms with Crippen molar-refractivity contribution in [1.29, 1.82) is 0 Å². The topological polar surface area (TPSA) is 93.7 Å². The lowest BCUT2D eigenvalue weighted by Gasteiger charge is -2.37. The van der Waals surface area contributed by atoms with E-state index in [-0.39, 0.29) is 40.4 Å². The summed E-state index contributed by atoms with van der Waals surface area (Å²) in [6, 6.07) is 2.11. The zero-order chi connectivity index (χ0) is 19.4. The van der Waals surface area contributed by atoms with Crippen molar-refractivity contribution < 1.29 is 27.1 Å². The van der Waals surface area contributed by atoms with Gasteiger partial charge in [0.2, 0.25) is 10.0 Å². The SMILES string of the molecule is COCC1(CNS(=O)(=O)c2cc(C(=O)OC)cc(F)c2C)CCNCC1.Cl. The van der Waals surface area contributed by atoms with Gasteiger partial charge in [-0.25, -0.2) is 22.3 Å². The maximum atomic E-state index is 14.1. The van der Waals surface area contributed by atoms with Crippen LogP contribution < -0.4 is 10.0 Å². The van der Waals surface area contributed by atoms with Crippen molar-refractivity contribution in [3.63, 3.8) is 0 Å². The lowest BCUT2D eigenvalue weighted by Crippen LogP contribution is -2.47. The van der Waals surface area contributed by atoms with E-state index in [1.54, 1.807) is 7.11 Å². The molecule has 0 radical (unpaired) electrons. The fraction of sp³-hybridized carbons (Fsp3) is 0.588. The Hall–Kier alpha value is -1.26. The van der Waals surface area contributed by atoms with Gasteiger partial charge in [-0.3, -0.25) is 0 Å². The molecule has 0 saturated carbocycles. The summed E-state index contributed by atoms with van der Waals surface area (Å²) in [4.78, 5) is 11.4. The molecule has 0 amide bonds. The van der Waals surface area contributed by atoms with Crippen LogP contribution in [0.4, 0.5) is 4.39 Å². The molecule has 1 saturated heterocycles. The smallest absolute Gasteiger partial charge is 0.337 e. The van der Waals surface area contributed by atoms with Gasteiger partial charge in [0.05, 0.1) is 24.2 Å². The number of hydrogen-bond acceptors (Lipinski definition) is 6. The van der Waals surface area contributed by atoms with Gasteiger partial charge in [-0.15, -0.1) is 12.4 Å². The van der Waals surface area contributed by atoms with Gasteiger partial charge >= 0.3 is 5.97 Å². The number of methoxy groups -OCH3 is 2. The summed E-state index contributed by atoms with van der Waals surface area (Å²) in [7, 11) is -1.28. The van der Waals surface area contributed by atoms with E-state index >= 15 is 0 Å². The van der Waals surface area contributed by atoms with Gasteiger partial charge < -0.3 is 14.8 Å². The molecule has 0 aliphatic carbocycles. The van der Waals surface area contributed by atoms with E-state index in [4.69, 9.17) is 4.74 Å². The second-order valence-corrected chi connectivity index (χ2v) is 8.32. The Balaban J connectivity index is 0.00000364. The standard InChI is InChI=1S/C17H25FN2O5S.ClH/c1-12-14(18)8-13(16(21)25-3)9-15(12)26(22,23)20-10-17(11-24-2)4-6-19-7-5-17;/h8-9,19-20H,4-7,10-11H2,1-3H3;1H. The van der Waals surface area contributed by atoms with Crippen LogP contribution in [0.1, 0.15) is 28.8 Å². The number of carbonyl (C=O) groups is 1. The van der Waals surface area contributed by atoms with Crippen LogP contribution in [0.2, 0.25) is 0 Å². The number of nitrogens with one attached hydrogen (secondary N) is 2. The molecule has 1 aliphatic rings. The minimum atomic E-state index is -4.01. The molecule has 0 atom stereocenters. The van der Waals surface area contributed by atoms with E-state index in [0.29, 0.717) is 6.61 Å². The fourth-order valence-corrected chi connectivity index (χ4v) is 4.56. The molecule has 0 aromatic heterocycles. The summed E-state index contributed by atoms with van der Waals surface area (Å²) in [5.41, 5.74) is -0.514. The van der Waals surface area contributed by atoms with Gasteiger partial charge in [0.15, 0.2) is 0 Å². The first-order valence-corrected chi connectivity index (χ1v) is 9.81. The maximum Gasteiger partial charge on any atom is 0.337 e. The zero-order valence-corrected chi connectivity index (χ0v) is 17.3. The average molecular weight is 425 g/mol. The van der Waals surface area contributed by atoms with Gasteiger partial charge in [0.25, 0.3) is 0 Å². The molecule has 2 N–H and O–H groups in total. The molecule has 1 aromatic carbocycles. The van der Waals surface area contributed by atoms with Crippen molar-refractivity contribution in [3.8, 4) is 0 Å². The van der Waals surface area contributed by atoms with Gasteiger partial charge in [-0.05, 0) is 45.0 Å². The Kier molecular flexibility index (Phi) is 8.62. The quantitative estimate of drug-likeness (QED) is 0.646. The highest BCUT2D eigenvalue weighted by molar-refractivity contribution is 7.89. The highest BCUT2D eigenvalue weighted by atomic mass is 35.5. The minimum Gasteiger partial charge on any atom is -0.465 e. The molecule has 0 spiro atoms. The number of hydrogen-bond donors (Lipinski definition) is 2. The average Bonchev–Trinajstić information content (AvgIpc) is 2.62. The van der Waals surface area contributed by atoms with E-state index in [0.717, 1.165) is 45.2 Å². The highest BCUT2D eigenvalue weighted by Crippen LogP contribution is 2.29. The van der Waals surface area contributed by atoms with Crippen LogP contribution in [-0.4, -0.2) is 54.8 Å². The van der Waals surface area contributed by atoms with Gasteiger partial charge in [-0.2, -0.15) is 0 Å². The first kappa shape index (κ1) is 23.8. The number of sulfonamides is 1. The molecule has 0 unspecified atom stereocenters. The number of carbonyl (C=O) groups excluding carboxylic acids is 1. The van der Waals surface area contributed by atoms with Crippen molar-refractivity contribution in [2.75, 3.05) is 40.5 Å². The van der Waals surface area contributed by atoms with Crippen LogP contribution >= 0.6 is 12.4 Å². The molecule has 1 aliphatic heterocycles. The third-order valence-corrected chi connectivity index (χ3v) is 6.29. The molecule has 2 rings (SSSR count). The molecular weight excluding hydrogens is 399 g/mol. The van der Waals surface area contributed by atoms with E-state index in [1.165, 1.54) is 6.92 Å². The number of halogens is 2. The molecule has 1 aromatic rings. The Morgan fingerprint density at radius 2 is 1.93 bits per heavy atom. The number of ether oxygens (including phenoxy) is 2. The summed E-state index contributed by atoms with van der Waals surface area (Å²) < 4.78 is 52.1. The Morgan fingerprint density at radius 1 is 1.30 bits per heavy atom. The third kappa shape index (κ3) is 5.61. The molecule has 27 heavy (non-hydrogen) atoms. The number of rotatable bonds is 7. The van der Waals surface area contributed by atoms with E-state index < -0.39 is 21.8 Å². The predicted octanol–water partition coefficient (Wildman–Crippen LogP) is 1.64. The first-order chi connectivity index (χ1) is 12.2. The van der Waals surface area contributed by atoms with Crippen LogP contribution in [0.15, 0.2) is 17.0 Å². The molecular formula is C17H26ClFN2O5S. The van der Waals surface area contributed by atoms with Crippen LogP contribution in [-0.2, 0) is 19.5 Å². The van der Waals surface area contributed by atoms with Crippen molar-refractivity contribution in [2.45, 2.75) is 24.7 Å². The fourth-order valence-electron chi connectivity index (χ4n) is 3.13. The van der Waals surface area contributed by atoms with Crippen molar-refractivity contribution in [1.82, 2.24) is 10.0 Å². The van der Waals surface area contributed by atoms with E-state index in [2.05, 4.69) is 14.8 Å². The normalized spacial score (nSPS) is 16.4. The first-order valence-electron chi connectivity index (χ1n) is 8.32. The van der Waals surface area contributed by atoms with Gasteiger partial charge in [0.1, 0.15) is 5.82 Å². The summed E-state index contributed by atoms with van der Waals surface area (Å²) in [5, 5.41) is 3.24. The molecule has 154 valence electrons. The summed E-state index contributed by atoms with van der Waals surface area (Å²) in [6.45, 7) is 3.51. The van der Waals surface area contributed by atoms with Crippen molar-refractivity contribution in [3.05, 3.63) is 29.1 Å². The lowest BCUT2D eigenvalue weighted by molar-refractivity contribution is 0.0577. The Morgan fingerprint density at radius 3 is 2.48 bits per heavy atom. The molecule has 1 fully saturated rings. The highest BCUT2D eigenvalue weighted by Gasteiger charge is 2.34. The van der Waals surface area contributed by atoms with Crippen LogP contribution in [0.3, 0.4) is 0 Å². The molecule has 10 heteroatoms. The number of esters is 1.